The van der Waals surface area contributed by atoms with Gasteiger partial charge in [0.05, 0.1) is 4.92 Å². The highest BCUT2D eigenvalue weighted by molar-refractivity contribution is 5.96. The maximum atomic E-state index is 12.5. The van der Waals surface area contributed by atoms with Crippen molar-refractivity contribution in [3.8, 4) is 0 Å². The van der Waals surface area contributed by atoms with E-state index in [0.29, 0.717) is 24.3 Å². The summed E-state index contributed by atoms with van der Waals surface area (Å²) in [4.78, 5) is 24.8. The zero-order valence-corrected chi connectivity index (χ0v) is 13.0. The molecule has 0 aliphatic heterocycles. The topological polar surface area (TPSA) is 75.5 Å². The Morgan fingerprint density at radius 3 is 2.52 bits per heavy atom. The summed E-state index contributed by atoms with van der Waals surface area (Å²) in [6, 6.07) is 4.56. The molecule has 0 atom stereocenters. The average molecular weight is 293 g/mol. The quantitative estimate of drug-likeness (QED) is 0.618. The number of benzene rings is 1. The summed E-state index contributed by atoms with van der Waals surface area (Å²) >= 11 is 0. The predicted octanol–water partition coefficient (Wildman–Crippen LogP) is 3.29. The van der Waals surface area contributed by atoms with Gasteiger partial charge in [-0.15, -0.1) is 0 Å². The molecule has 1 aromatic carbocycles. The first-order chi connectivity index (χ1) is 9.92. The van der Waals surface area contributed by atoms with E-state index in [0.717, 1.165) is 6.42 Å². The van der Waals surface area contributed by atoms with Crippen LogP contribution in [-0.2, 0) is 0 Å². The monoisotopic (exact) mass is 293 g/mol. The molecule has 0 unspecified atom stereocenters. The van der Waals surface area contributed by atoms with Crippen molar-refractivity contribution in [3.63, 3.8) is 0 Å². The minimum atomic E-state index is -0.438. The van der Waals surface area contributed by atoms with Crippen molar-refractivity contribution >= 4 is 17.3 Å². The molecule has 0 aliphatic carbocycles. The number of nitrogens with zero attached hydrogens (tertiary/aromatic N) is 2. The highest BCUT2D eigenvalue weighted by atomic mass is 16.6. The van der Waals surface area contributed by atoms with E-state index in [1.165, 1.54) is 12.1 Å². The molecule has 0 aliphatic rings. The summed E-state index contributed by atoms with van der Waals surface area (Å²) in [5.74, 6) is -0.109. The van der Waals surface area contributed by atoms with Crippen LogP contribution in [0.15, 0.2) is 18.2 Å². The Bertz CT molecular complexity index is 515. The van der Waals surface area contributed by atoms with Crippen LogP contribution in [0.1, 0.15) is 44.5 Å². The Balaban J connectivity index is 3.14. The van der Waals surface area contributed by atoms with Crippen LogP contribution < -0.4 is 5.32 Å². The highest BCUT2D eigenvalue weighted by Crippen LogP contribution is 2.26. The van der Waals surface area contributed by atoms with Gasteiger partial charge in [0, 0.05) is 30.8 Å². The van der Waals surface area contributed by atoms with E-state index in [2.05, 4.69) is 5.32 Å². The van der Waals surface area contributed by atoms with E-state index in [-0.39, 0.29) is 17.6 Å². The molecule has 1 N–H and O–H groups in total. The van der Waals surface area contributed by atoms with Crippen LogP contribution >= 0.6 is 0 Å². The fraction of sp³-hybridized carbons (Fsp3) is 0.533. The number of hydrogen-bond donors (Lipinski definition) is 1. The maximum Gasteiger partial charge on any atom is 0.292 e. The van der Waals surface area contributed by atoms with Crippen LogP contribution in [0.3, 0.4) is 0 Å². The lowest BCUT2D eigenvalue weighted by atomic mass is 10.1. The van der Waals surface area contributed by atoms with Gasteiger partial charge in [-0.3, -0.25) is 14.9 Å². The van der Waals surface area contributed by atoms with Crippen LogP contribution in [0.25, 0.3) is 0 Å². The Labute approximate surface area is 125 Å². The van der Waals surface area contributed by atoms with Crippen molar-refractivity contribution in [2.24, 2.45) is 0 Å². The molecule has 0 bridgehead atoms. The first-order valence-corrected chi connectivity index (χ1v) is 7.25. The summed E-state index contributed by atoms with van der Waals surface area (Å²) in [5.41, 5.74) is 0.856. The van der Waals surface area contributed by atoms with Crippen molar-refractivity contribution in [1.29, 1.82) is 0 Å². The maximum absolute atomic E-state index is 12.5. The molecule has 6 heteroatoms. The Morgan fingerprint density at radius 1 is 1.38 bits per heavy atom. The number of carbonyl (C=O) groups excluding carboxylic acids is 1. The summed E-state index contributed by atoms with van der Waals surface area (Å²) in [6.45, 7) is 9.02. The van der Waals surface area contributed by atoms with Crippen LogP contribution in [0.4, 0.5) is 11.4 Å². The zero-order chi connectivity index (χ0) is 16.0. The number of nitrogens with one attached hydrogen (secondary N) is 1. The molecule has 0 saturated carbocycles. The summed E-state index contributed by atoms with van der Waals surface area (Å²) in [6.07, 6.45) is 0.850. The number of carbonyl (C=O) groups is 1. The number of nitro groups is 1. The van der Waals surface area contributed by atoms with Crippen LogP contribution in [0.5, 0.6) is 0 Å². The molecule has 0 radical (unpaired) electrons. The van der Waals surface area contributed by atoms with Gasteiger partial charge in [-0.1, -0.05) is 6.92 Å². The van der Waals surface area contributed by atoms with Crippen LogP contribution in [0, 0.1) is 10.1 Å². The largest absolute Gasteiger partial charge is 0.379 e. The van der Waals surface area contributed by atoms with E-state index >= 15 is 0 Å². The Morgan fingerprint density at radius 2 is 2.05 bits per heavy atom. The van der Waals surface area contributed by atoms with Crippen molar-refractivity contribution < 1.29 is 9.72 Å². The molecule has 1 rings (SSSR count). The van der Waals surface area contributed by atoms with E-state index in [4.69, 9.17) is 0 Å². The molecule has 0 fully saturated rings. The Kier molecular flexibility index (Phi) is 6.14. The van der Waals surface area contributed by atoms with Gasteiger partial charge in [-0.25, -0.2) is 0 Å². The Hall–Kier alpha value is -2.11. The highest BCUT2D eigenvalue weighted by Gasteiger charge is 2.21. The van der Waals surface area contributed by atoms with Gasteiger partial charge in [0.2, 0.25) is 0 Å². The lowest BCUT2D eigenvalue weighted by molar-refractivity contribution is -0.384. The van der Waals surface area contributed by atoms with Crippen molar-refractivity contribution in [3.05, 3.63) is 33.9 Å². The van der Waals surface area contributed by atoms with E-state index in [1.54, 1.807) is 11.0 Å². The molecule has 6 nitrogen and oxygen atoms in total. The van der Waals surface area contributed by atoms with Crippen LogP contribution in [0.2, 0.25) is 0 Å². The lowest BCUT2D eigenvalue weighted by Gasteiger charge is -2.25. The summed E-state index contributed by atoms with van der Waals surface area (Å²) in [5, 5.41) is 14.0. The third-order valence-corrected chi connectivity index (χ3v) is 3.23. The first kappa shape index (κ1) is 16.9. The smallest absolute Gasteiger partial charge is 0.292 e. The number of nitro benzene ring substituents is 1. The van der Waals surface area contributed by atoms with Gasteiger partial charge >= 0.3 is 0 Å². The second-order valence-corrected chi connectivity index (χ2v) is 5.10. The number of hydrogen-bond acceptors (Lipinski definition) is 4. The standard InChI is InChI=1S/C15H23N3O3/c1-5-9-16-13-10-12(7-8-14(13)18(20)21)15(19)17(6-2)11(3)4/h7-8,10-11,16H,5-6,9H2,1-4H3. The molecule has 0 spiro atoms. The fourth-order valence-electron chi connectivity index (χ4n) is 2.14. The lowest BCUT2D eigenvalue weighted by Crippen LogP contribution is -2.36. The van der Waals surface area contributed by atoms with Gasteiger partial charge < -0.3 is 10.2 Å². The first-order valence-electron chi connectivity index (χ1n) is 7.25. The molecule has 0 saturated heterocycles. The summed E-state index contributed by atoms with van der Waals surface area (Å²) < 4.78 is 0. The van der Waals surface area contributed by atoms with Gasteiger partial charge in [0.15, 0.2) is 0 Å². The average Bonchev–Trinajstić information content (AvgIpc) is 2.44. The van der Waals surface area contributed by atoms with Crippen molar-refractivity contribution in [2.75, 3.05) is 18.4 Å². The van der Waals surface area contributed by atoms with E-state index in [9.17, 15) is 14.9 Å². The third kappa shape index (κ3) is 4.18. The molecule has 1 aromatic rings. The van der Waals surface area contributed by atoms with Crippen LogP contribution in [-0.4, -0.2) is 34.9 Å². The predicted molar refractivity (Wildman–Crippen MR) is 83.7 cm³/mol. The normalized spacial score (nSPS) is 10.5. The third-order valence-electron chi connectivity index (χ3n) is 3.23. The molecular weight excluding hydrogens is 270 g/mol. The zero-order valence-electron chi connectivity index (χ0n) is 13.0. The van der Waals surface area contributed by atoms with Crippen molar-refractivity contribution in [2.45, 2.75) is 40.2 Å². The second kappa shape index (κ2) is 7.61. The number of anilines is 1. The molecule has 0 aromatic heterocycles. The second-order valence-electron chi connectivity index (χ2n) is 5.10. The van der Waals surface area contributed by atoms with E-state index < -0.39 is 4.92 Å². The van der Waals surface area contributed by atoms with Gasteiger partial charge in [-0.05, 0) is 39.3 Å². The van der Waals surface area contributed by atoms with Crippen molar-refractivity contribution in [1.82, 2.24) is 4.90 Å². The number of rotatable bonds is 7. The van der Waals surface area contributed by atoms with Gasteiger partial charge in [0.25, 0.3) is 11.6 Å². The van der Waals surface area contributed by atoms with Gasteiger partial charge in [-0.2, -0.15) is 0 Å². The van der Waals surface area contributed by atoms with E-state index in [1.807, 2.05) is 27.7 Å². The van der Waals surface area contributed by atoms with Gasteiger partial charge in [0.1, 0.15) is 5.69 Å². The SMILES string of the molecule is CCCNc1cc(C(=O)N(CC)C(C)C)ccc1[N+](=O)[O-]. The minimum Gasteiger partial charge on any atom is -0.379 e. The number of amides is 1. The molecule has 0 heterocycles. The molecule has 116 valence electrons. The fourth-order valence-corrected chi connectivity index (χ4v) is 2.14. The minimum absolute atomic E-state index is 0.00686. The summed E-state index contributed by atoms with van der Waals surface area (Å²) in [7, 11) is 0. The molecular formula is C15H23N3O3. The molecule has 1 amide bonds. The molecule has 21 heavy (non-hydrogen) atoms.